The van der Waals surface area contributed by atoms with E-state index in [0.717, 1.165) is 50.8 Å². The summed E-state index contributed by atoms with van der Waals surface area (Å²) >= 11 is 0. The lowest BCUT2D eigenvalue weighted by molar-refractivity contribution is 0.477. The standard InChI is InChI=1S/C35H24N4O/c1-2-24-16-18-26(19-17-24)34-36-33(25-10-4-3-5-11-25)37-35(38-34)27-20-22-28(23-21-27)39-29-12-6-8-14-31(29)40-32-15-9-7-13-30(32)39/h2-23H,1H2. The molecule has 1 aliphatic heterocycles. The van der Waals surface area contributed by atoms with Gasteiger partial charge in [0, 0.05) is 22.4 Å². The highest BCUT2D eigenvalue weighted by Crippen LogP contribution is 2.50. The molecular weight excluding hydrogens is 492 g/mol. The van der Waals surface area contributed by atoms with E-state index in [1.807, 2.05) is 97.1 Å². The van der Waals surface area contributed by atoms with Crippen LogP contribution in [-0.4, -0.2) is 15.0 Å². The maximum atomic E-state index is 6.17. The van der Waals surface area contributed by atoms with Crippen molar-refractivity contribution in [2.45, 2.75) is 0 Å². The highest BCUT2D eigenvalue weighted by molar-refractivity contribution is 5.86. The van der Waals surface area contributed by atoms with Crippen molar-refractivity contribution in [1.29, 1.82) is 0 Å². The Balaban J connectivity index is 1.32. The van der Waals surface area contributed by atoms with E-state index >= 15 is 0 Å². The number of anilines is 3. The second kappa shape index (κ2) is 9.97. The van der Waals surface area contributed by atoms with Gasteiger partial charge in [0.05, 0.1) is 11.4 Å². The normalized spacial score (nSPS) is 11.8. The topological polar surface area (TPSA) is 51.1 Å². The van der Waals surface area contributed by atoms with Crippen LogP contribution in [0.15, 0.2) is 134 Å². The summed E-state index contributed by atoms with van der Waals surface area (Å²) in [6.07, 6.45) is 1.82. The van der Waals surface area contributed by atoms with E-state index in [1.165, 1.54) is 0 Å². The quantitative estimate of drug-likeness (QED) is 0.228. The molecule has 0 saturated carbocycles. The van der Waals surface area contributed by atoms with Gasteiger partial charge in [-0.1, -0.05) is 91.5 Å². The average molecular weight is 517 g/mol. The molecule has 5 heteroatoms. The Morgan fingerprint density at radius 3 is 1.48 bits per heavy atom. The lowest BCUT2D eigenvalue weighted by Gasteiger charge is -2.32. The number of para-hydroxylation sites is 4. The minimum Gasteiger partial charge on any atom is -0.453 e. The summed E-state index contributed by atoms with van der Waals surface area (Å²) in [6.45, 7) is 3.86. The zero-order valence-electron chi connectivity index (χ0n) is 21.6. The van der Waals surface area contributed by atoms with Crippen LogP contribution in [0.3, 0.4) is 0 Å². The molecule has 0 radical (unpaired) electrons. The molecule has 40 heavy (non-hydrogen) atoms. The summed E-state index contributed by atoms with van der Waals surface area (Å²) in [4.78, 5) is 16.8. The van der Waals surface area contributed by atoms with E-state index in [4.69, 9.17) is 19.7 Å². The fourth-order valence-corrected chi connectivity index (χ4v) is 4.86. The molecule has 1 aliphatic rings. The van der Waals surface area contributed by atoms with E-state index < -0.39 is 0 Å². The fourth-order valence-electron chi connectivity index (χ4n) is 4.86. The molecule has 5 nitrogen and oxygen atoms in total. The van der Waals surface area contributed by atoms with Crippen LogP contribution in [0, 0.1) is 0 Å². The van der Waals surface area contributed by atoms with Crippen molar-refractivity contribution in [2.75, 3.05) is 4.90 Å². The molecular formula is C35H24N4O. The van der Waals surface area contributed by atoms with E-state index in [2.05, 4.69) is 47.9 Å². The van der Waals surface area contributed by atoms with Gasteiger partial charge in [-0.2, -0.15) is 0 Å². The molecule has 0 spiro atoms. The first kappa shape index (κ1) is 23.6. The van der Waals surface area contributed by atoms with Crippen molar-refractivity contribution in [1.82, 2.24) is 15.0 Å². The molecule has 5 aromatic carbocycles. The van der Waals surface area contributed by atoms with Crippen LogP contribution in [0.1, 0.15) is 5.56 Å². The molecule has 0 amide bonds. The predicted molar refractivity (Wildman–Crippen MR) is 161 cm³/mol. The van der Waals surface area contributed by atoms with Crippen LogP contribution in [-0.2, 0) is 0 Å². The van der Waals surface area contributed by atoms with E-state index in [9.17, 15) is 0 Å². The van der Waals surface area contributed by atoms with E-state index in [0.29, 0.717) is 17.5 Å². The van der Waals surface area contributed by atoms with Crippen molar-refractivity contribution >= 4 is 23.1 Å². The second-order valence-corrected chi connectivity index (χ2v) is 9.42. The van der Waals surface area contributed by atoms with Crippen molar-refractivity contribution in [3.05, 3.63) is 140 Å². The molecule has 7 rings (SSSR count). The fraction of sp³-hybridized carbons (Fsp3) is 0. The van der Waals surface area contributed by atoms with Crippen LogP contribution in [0.25, 0.3) is 40.2 Å². The van der Waals surface area contributed by atoms with Gasteiger partial charge in [0.15, 0.2) is 29.0 Å². The Morgan fingerprint density at radius 2 is 0.950 bits per heavy atom. The van der Waals surface area contributed by atoms with Crippen LogP contribution < -0.4 is 9.64 Å². The number of aromatic nitrogens is 3. The third-order valence-electron chi connectivity index (χ3n) is 6.89. The zero-order chi connectivity index (χ0) is 26.9. The number of rotatable bonds is 5. The Kier molecular flexibility index (Phi) is 5.87. The van der Waals surface area contributed by atoms with Gasteiger partial charge in [-0.3, -0.25) is 0 Å². The number of benzene rings is 5. The van der Waals surface area contributed by atoms with Crippen molar-refractivity contribution in [3.8, 4) is 45.7 Å². The molecule has 0 saturated heterocycles. The smallest absolute Gasteiger partial charge is 0.164 e. The summed E-state index contributed by atoms with van der Waals surface area (Å²) < 4.78 is 6.17. The van der Waals surface area contributed by atoms with Crippen LogP contribution in [0.4, 0.5) is 17.1 Å². The number of ether oxygens (including phenoxy) is 1. The Hall–Kier alpha value is -5.55. The Morgan fingerprint density at radius 1 is 0.500 bits per heavy atom. The summed E-state index contributed by atoms with van der Waals surface area (Å²) in [7, 11) is 0. The molecule has 1 aromatic heterocycles. The summed E-state index contributed by atoms with van der Waals surface area (Å²) in [6, 6.07) is 42.5. The van der Waals surface area contributed by atoms with Gasteiger partial charge in [-0.05, 0) is 54.1 Å². The van der Waals surface area contributed by atoms with E-state index in [1.54, 1.807) is 0 Å². The minimum atomic E-state index is 0.617. The number of nitrogens with zero attached hydrogens (tertiary/aromatic N) is 4. The number of fused-ring (bicyclic) bond motifs is 2. The molecule has 6 aromatic rings. The highest BCUT2D eigenvalue weighted by Gasteiger charge is 2.25. The summed E-state index contributed by atoms with van der Waals surface area (Å²) in [5.74, 6) is 3.52. The molecule has 2 heterocycles. The maximum Gasteiger partial charge on any atom is 0.164 e. The average Bonchev–Trinajstić information content (AvgIpc) is 3.04. The first-order chi connectivity index (χ1) is 19.8. The second-order valence-electron chi connectivity index (χ2n) is 9.42. The van der Waals surface area contributed by atoms with Gasteiger partial charge in [-0.25, -0.2) is 15.0 Å². The Bertz CT molecular complexity index is 1790. The molecule has 0 N–H and O–H groups in total. The number of hydrogen-bond acceptors (Lipinski definition) is 5. The van der Waals surface area contributed by atoms with Crippen molar-refractivity contribution in [3.63, 3.8) is 0 Å². The van der Waals surface area contributed by atoms with Gasteiger partial charge in [0.1, 0.15) is 0 Å². The molecule has 0 fully saturated rings. The molecule has 0 bridgehead atoms. The third-order valence-corrected chi connectivity index (χ3v) is 6.89. The minimum absolute atomic E-state index is 0.617. The SMILES string of the molecule is C=Cc1ccc(-c2nc(-c3ccccc3)nc(-c3ccc(N4c5ccccc5Oc5ccccc54)cc3)n2)cc1. The molecule has 0 unspecified atom stereocenters. The Labute approximate surface area is 232 Å². The monoisotopic (exact) mass is 516 g/mol. The summed E-state index contributed by atoms with van der Waals surface area (Å²) in [5, 5.41) is 0. The van der Waals surface area contributed by atoms with Crippen molar-refractivity contribution in [2.24, 2.45) is 0 Å². The van der Waals surface area contributed by atoms with Crippen LogP contribution in [0.2, 0.25) is 0 Å². The van der Waals surface area contributed by atoms with Gasteiger partial charge >= 0.3 is 0 Å². The number of hydrogen-bond donors (Lipinski definition) is 0. The largest absolute Gasteiger partial charge is 0.453 e. The first-order valence-electron chi connectivity index (χ1n) is 13.1. The van der Waals surface area contributed by atoms with Gasteiger partial charge < -0.3 is 9.64 Å². The third kappa shape index (κ3) is 4.29. The van der Waals surface area contributed by atoms with Gasteiger partial charge in [0.25, 0.3) is 0 Å². The van der Waals surface area contributed by atoms with Crippen LogP contribution >= 0.6 is 0 Å². The maximum absolute atomic E-state index is 6.17. The summed E-state index contributed by atoms with van der Waals surface area (Å²) in [5.41, 5.74) is 6.81. The molecule has 0 aliphatic carbocycles. The van der Waals surface area contributed by atoms with Crippen LogP contribution in [0.5, 0.6) is 11.5 Å². The first-order valence-corrected chi connectivity index (χ1v) is 13.1. The van der Waals surface area contributed by atoms with Crippen molar-refractivity contribution < 1.29 is 4.74 Å². The lowest BCUT2D eigenvalue weighted by atomic mass is 10.1. The lowest BCUT2D eigenvalue weighted by Crippen LogP contribution is -2.15. The highest BCUT2D eigenvalue weighted by atomic mass is 16.5. The molecule has 190 valence electrons. The molecule has 0 atom stereocenters. The van der Waals surface area contributed by atoms with Gasteiger partial charge in [-0.15, -0.1) is 0 Å². The predicted octanol–water partition coefficient (Wildman–Crippen LogP) is 9.09. The van der Waals surface area contributed by atoms with Gasteiger partial charge in [0.2, 0.25) is 0 Å². The van der Waals surface area contributed by atoms with E-state index in [-0.39, 0.29) is 0 Å². The zero-order valence-corrected chi connectivity index (χ0v) is 21.6.